The normalized spacial score (nSPS) is 10.5. The zero-order valence-corrected chi connectivity index (χ0v) is 25.9. The van der Waals surface area contributed by atoms with E-state index in [-0.39, 0.29) is 63.9 Å². The van der Waals surface area contributed by atoms with Gasteiger partial charge < -0.3 is 5.11 Å². The van der Waals surface area contributed by atoms with E-state index >= 15 is 0 Å². The predicted octanol–water partition coefficient (Wildman–Crippen LogP) is 4.28. The summed E-state index contributed by atoms with van der Waals surface area (Å²) in [6, 6.07) is 41.4. The maximum atomic E-state index is 12.5. The quantitative estimate of drug-likeness (QED) is 0.315. The first-order chi connectivity index (χ1) is 18.2. The third-order valence-corrected chi connectivity index (χ3v) is 6.26. The molecular formula is C33H22N3ORb. The number of hydrogen-bond acceptors (Lipinski definition) is 4. The minimum absolute atomic E-state index is 0. The number of hydrogen-bond donors (Lipinski definition) is 0. The van der Waals surface area contributed by atoms with Gasteiger partial charge in [-0.25, -0.2) is 9.97 Å². The molecular weight excluding hydrogens is 540 g/mol. The van der Waals surface area contributed by atoms with Gasteiger partial charge in [-0.3, -0.25) is 4.98 Å². The van der Waals surface area contributed by atoms with Crippen molar-refractivity contribution in [1.82, 2.24) is 15.0 Å². The summed E-state index contributed by atoms with van der Waals surface area (Å²) in [5.41, 5.74) is 7.97. The average Bonchev–Trinajstić information content (AvgIpc) is 2.99. The van der Waals surface area contributed by atoms with E-state index in [1.807, 2.05) is 97.1 Å². The zero-order chi connectivity index (χ0) is 25.0. The minimum atomic E-state index is -0.0429. The number of aromatic nitrogens is 3. The number of pyridine rings is 1. The molecule has 0 radical (unpaired) electrons. The van der Waals surface area contributed by atoms with Gasteiger partial charge >= 0.3 is 58.2 Å². The molecule has 4 aromatic carbocycles. The van der Waals surface area contributed by atoms with Crippen LogP contribution in [0.2, 0.25) is 0 Å². The summed E-state index contributed by atoms with van der Waals surface area (Å²) in [4.78, 5) is 14.2. The Bertz CT molecular complexity index is 1600. The van der Waals surface area contributed by atoms with Gasteiger partial charge in [-0.2, -0.15) is 0 Å². The van der Waals surface area contributed by atoms with Crippen molar-refractivity contribution in [3.63, 3.8) is 0 Å². The Morgan fingerprint density at radius 1 is 0.447 bits per heavy atom. The van der Waals surface area contributed by atoms with Gasteiger partial charge in [-0.1, -0.05) is 109 Å². The Morgan fingerprint density at radius 2 is 1.00 bits per heavy atom. The van der Waals surface area contributed by atoms with Gasteiger partial charge in [-0.05, 0) is 41.0 Å². The first kappa shape index (κ1) is 26.3. The molecule has 0 saturated carbocycles. The molecule has 0 aliphatic rings. The molecule has 0 amide bonds. The van der Waals surface area contributed by atoms with E-state index < -0.39 is 0 Å². The van der Waals surface area contributed by atoms with Crippen LogP contribution in [0.15, 0.2) is 134 Å². The fourth-order valence-corrected chi connectivity index (χ4v) is 4.33. The monoisotopic (exact) mass is 561 g/mol. The van der Waals surface area contributed by atoms with E-state index in [4.69, 9.17) is 9.97 Å². The van der Waals surface area contributed by atoms with Crippen LogP contribution in [0.4, 0.5) is 0 Å². The van der Waals surface area contributed by atoms with E-state index in [1.165, 1.54) is 0 Å². The second-order valence-electron chi connectivity index (χ2n) is 8.70. The molecule has 6 aromatic rings. The summed E-state index contributed by atoms with van der Waals surface area (Å²) >= 11 is 0. The smallest absolute Gasteiger partial charge is 0.872 e. The minimum Gasteiger partial charge on any atom is -0.872 e. The molecule has 0 N–H and O–H groups in total. The van der Waals surface area contributed by atoms with Crippen LogP contribution in [0.1, 0.15) is 0 Å². The van der Waals surface area contributed by atoms with Crippen LogP contribution in [0.5, 0.6) is 5.75 Å². The second kappa shape index (κ2) is 12.1. The zero-order valence-electron chi connectivity index (χ0n) is 21.0. The van der Waals surface area contributed by atoms with Gasteiger partial charge in [-0.15, -0.1) is 0 Å². The van der Waals surface area contributed by atoms with Crippen LogP contribution in [0.25, 0.3) is 56.3 Å². The van der Waals surface area contributed by atoms with E-state index in [1.54, 1.807) is 12.3 Å². The van der Waals surface area contributed by atoms with Crippen molar-refractivity contribution in [2.45, 2.75) is 0 Å². The van der Waals surface area contributed by atoms with Crippen LogP contribution in [0.3, 0.4) is 0 Å². The topological polar surface area (TPSA) is 61.7 Å². The molecule has 0 fully saturated rings. The van der Waals surface area contributed by atoms with Crippen LogP contribution in [-0.2, 0) is 0 Å². The fourth-order valence-electron chi connectivity index (χ4n) is 4.33. The van der Waals surface area contributed by atoms with Gasteiger partial charge in [0.1, 0.15) is 0 Å². The maximum absolute atomic E-state index is 12.5. The predicted molar refractivity (Wildman–Crippen MR) is 146 cm³/mol. The van der Waals surface area contributed by atoms with Gasteiger partial charge in [0.05, 0.1) is 17.1 Å². The van der Waals surface area contributed by atoms with E-state index in [0.29, 0.717) is 17.1 Å². The Kier molecular flexibility index (Phi) is 8.35. The summed E-state index contributed by atoms with van der Waals surface area (Å²) in [6.45, 7) is 0. The first-order valence-electron chi connectivity index (χ1n) is 12.1. The molecule has 38 heavy (non-hydrogen) atoms. The maximum Gasteiger partial charge on any atom is 1.00 e. The molecule has 2 heterocycles. The largest absolute Gasteiger partial charge is 1.00 e. The van der Waals surface area contributed by atoms with Crippen molar-refractivity contribution in [3.8, 4) is 62.0 Å². The first-order valence-corrected chi connectivity index (χ1v) is 12.1. The van der Waals surface area contributed by atoms with Gasteiger partial charge in [0.25, 0.3) is 0 Å². The fraction of sp³-hybridized carbons (Fsp3) is 0. The van der Waals surface area contributed by atoms with Gasteiger partial charge in [0, 0.05) is 22.9 Å². The molecule has 0 bridgehead atoms. The van der Waals surface area contributed by atoms with E-state index in [2.05, 4.69) is 29.2 Å². The molecule has 5 heteroatoms. The molecule has 2 aromatic heterocycles. The third-order valence-electron chi connectivity index (χ3n) is 6.26. The Balaban J connectivity index is 0.00000294. The molecule has 4 nitrogen and oxygen atoms in total. The molecule has 0 saturated heterocycles. The molecule has 0 aliphatic heterocycles. The number of nitrogens with zero attached hydrogens (tertiary/aromatic N) is 3. The summed E-state index contributed by atoms with van der Waals surface area (Å²) in [5.74, 6) is 0.620. The van der Waals surface area contributed by atoms with Gasteiger partial charge in [0.15, 0.2) is 5.82 Å². The third kappa shape index (κ3) is 5.74. The van der Waals surface area contributed by atoms with Crippen molar-refractivity contribution < 1.29 is 63.3 Å². The van der Waals surface area contributed by atoms with Crippen molar-refractivity contribution in [2.75, 3.05) is 0 Å². The van der Waals surface area contributed by atoms with E-state index in [9.17, 15) is 5.11 Å². The molecule has 6 rings (SSSR count). The number of benzene rings is 4. The summed E-state index contributed by atoms with van der Waals surface area (Å²) < 4.78 is 0. The standard InChI is InChI=1S/C33H23N3O.Rb/c37-32-19-18-27(21-28(32)29-13-7-8-20-34-29)23-14-16-26(17-15-23)33-35-30(24-9-3-1-4-10-24)22-31(36-33)25-11-5-2-6-12-25;/h1-22,37H;/q;+1/p-1. The van der Waals surface area contributed by atoms with Crippen molar-refractivity contribution in [2.24, 2.45) is 0 Å². The van der Waals surface area contributed by atoms with Crippen molar-refractivity contribution in [3.05, 3.63) is 134 Å². The van der Waals surface area contributed by atoms with E-state index in [0.717, 1.165) is 39.2 Å². The molecule has 176 valence electrons. The summed E-state index contributed by atoms with van der Waals surface area (Å²) in [5, 5.41) is 12.5. The second-order valence-corrected chi connectivity index (χ2v) is 8.70. The average molecular weight is 562 g/mol. The Hall–Kier alpha value is -3.28. The van der Waals surface area contributed by atoms with Crippen molar-refractivity contribution in [1.29, 1.82) is 0 Å². The molecule has 0 atom stereocenters. The molecule has 0 aliphatic carbocycles. The molecule has 0 spiro atoms. The molecule has 0 unspecified atom stereocenters. The van der Waals surface area contributed by atoms with Crippen molar-refractivity contribution >= 4 is 0 Å². The Labute approximate surface area is 270 Å². The summed E-state index contributed by atoms with van der Waals surface area (Å²) in [6.07, 6.45) is 1.70. The van der Waals surface area contributed by atoms with Crippen LogP contribution in [0, 0.1) is 0 Å². The van der Waals surface area contributed by atoms with Gasteiger partial charge in [0.2, 0.25) is 0 Å². The van der Waals surface area contributed by atoms with Crippen LogP contribution in [-0.4, -0.2) is 15.0 Å². The van der Waals surface area contributed by atoms with Crippen LogP contribution < -0.4 is 63.3 Å². The summed E-state index contributed by atoms with van der Waals surface area (Å²) in [7, 11) is 0. The Morgan fingerprint density at radius 3 is 1.58 bits per heavy atom. The SMILES string of the molecule is [O-]c1ccc(-c2ccc(-c3nc(-c4ccccc4)cc(-c4ccccc4)n3)cc2)cc1-c1ccccn1.[Rb+]. The van der Waals surface area contributed by atoms with Crippen LogP contribution >= 0.6 is 0 Å². The number of rotatable bonds is 5.